The van der Waals surface area contributed by atoms with Crippen molar-refractivity contribution in [2.75, 3.05) is 18.5 Å². The largest absolute Gasteiger partial charge is 0.384 e. The highest BCUT2D eigenvalue weighted by atomic mass is 16.2. The van der Waals surface area contributed by atoms with E-state index in [1.807, 2.05) is 29.9 Å². The molecule has 32 heavy (non-hydrogen) atoms. The highest BCUT2D eigenvalue weighted by Gasteiger charge is 2.26. The summed E-state index contributed by atoms with van der Waals surface area (Å²) in [5.74, 6) is 7.88. The summed E-state index contributed by atoms with van der Waals surface area (Å²) in [6.45, 7) is 6.25. The van der Waals surface area contributed by atoms with Gasteiger partial charge in [-0.25, -0.2) is 15.0 Å². The Morgan fingerprint density at radius 3 is 2.72 bits per heavy atom. The fraction of sp³-hybridized carbons (Fsp3) is 0.240. The molecule has 3 aromatic heterocycles. The fourth-order valence-electron chi connectivity index (χ4n) is 3.61. The molecule has 1 aliphatic rings. The molecular weight excluding hydrogens is 400 g/mol. The molecule has 1 aliphatic carbocycles. The molecule has 0 bridgehead atoms. The highest BCUT2D eigenvalue weighted by Crippen LogP contribution is 2.39. The summed E-state index contributed by atoms with van der Waals surface area (Å²) in [4.78, 5) is 17.1. The van der Waals surface area contributed by atoms with Crippen LogP contribution in [0.3, 0.4) is 0 Å². The molecule has 3 heterocycles. The monoisotopic (exact) mass is 424 g/mol. The van der Waals surface area contributed by atoms with Crippen LogP contribution in [-0.4, -0.2) is 42.6 Å². The average molecular weight is 425 g/mol. The van der Waals surface area contributed by atoms with Crippen LogP contribution in [0.15, 0.2) is 55.0 Å². The molecule has 7 heteroatoms. The summed E-state index contributed by atoms with van der Waals surface area (Å²) in [5, 5.41) is 12.4. The summed E-state index contributed by atoms with van der Waals surface area (Å²) in [5.41, 5.74) is 6.35. The SMILES string of the molecule is C=C(C)CNc1nc(C#CCO)cn2c(-c3ccc(-c4cnc(C5CC5)[nH]4)cc3)cnc12. The molecule has 160 valence electrons. The van der Waals surface area contributed by atoms with Gasteiger partial charge in [-0.15, -0.1) is 0 Å². The van der Waals surface area contributed by atoms with Crippen molar-refractivity contribution < 1.29 is 5.11 Å². The third-order valence-electron chi connectivity index (χ3n) is 5.40. The van der Waals surface area contributed by atoms with Gasteiger partial charge in [0.2, 0.25) is 0 Å². The first-order chi connectivity index (χ1) is 15.6. The number of aromatic nitrogens is 5. The van der Waals surface area contributed by atoms with Gasteiger partial charge < -0.3 is 15.4 Å². The van der Waals surface area contributed by atoms with Crippen LogP contribution < -0.4 is 5.32 Å². The van der Waals surface area contributed by atoms with E-state index in [4.69, 9.17) is 5.11 Å². The Hall–Kier alpha value is -3.89. The molecule has 1 aromatic carbocycles. The number of nitrogens with one attached hydrogen (secondary N) is 2. The number of nitrogens with zero attached hydrogens (tertiary/aromatic N) is 4. The summed E-state index contributed by atoms with van der Waals surface area (Å²) >= 11 is 0. The van der Waals surface area contributed by atoms with E-state index in [0.29, 0.717) is 29.6 Å². The maximum Gasteiger partial charge on any atom is 0.180 e. The number of imidazole rings is 2. The Balaban J connectivity index is 1.51. The first-order valence-corrected chi connectivity index (χ1v) is 10.6. The lowest BCUT2D eigenvalue weighted by molar-refractivity contribution is 0.350. The number of aliphatic hydroxyl groups is 1. The number of rotatable bonds is 6. The molecule has 4 aromatic rings. The molecule has 0 aliphatic heterocycles. The third-order valence-corrected chi connectivity index (χ3v) is 5.40. The van der Waals surface area contributed by atoms with Crippen LogP contribution in [0, 0.1) is 11.8 Å². The number of aromatic amines is 1. The van der Waals surface area contributed by atoms with E-state index < -0.39 is 0 Å². The van der Waals surface area contributed by atoms with Crippen LogP contribution in [0.1, 0.15) is 37.2 Å². The van der Waals surface area contributed by atoms with Gasteiger partial charge in [-0.05, 0) is 31.2 Å². The summed E-state index contributed by atoms with van der Waals surface area (Å²) in [6.07, 6.45) is 8.04. The van der Waals surface area contributed by atoms with Crippen molar-refractivity contribution in [2.24, 2.45) is 0 Å². The van der Waals surface area contributed by atoms with Crippen LogP contribution in [0.4, 0.5) is 5.82 Å². The Kier molecular flexibility index (Phi) is 5.21. The minimum absolute atomic E-state index is 0.220. The minimum atomic E-state index is -0.220. The highest BCUT2D eigenvalue weighted by molar-refractivity contribution is 5.73. The van der Waals surface area contributed by atoms with Crippen LogP contribution in [-0.2, 0) is 0 Å². The number of anilines is 1. The Labute approximate surface area is 186 Å². The zero-order valence-electron chi connectivity index (χ0n) is 17.9. The van der Waals surface area contributed by atoms with Crippen LogP contribution in [0.5, 0.6) is 0 Å². The molecule has 0 unspecified atom stereocenters. The lowest BCUT2D eigenvalue weighted by atomic mass is 10.1. The lowest BCUT2D eigenvalue weighted by Crippen LogP contribution is -2.07. The molecule has 5 rings (SSSR count). The first-order valence-electron chi connectivity index (χ1n) is 10.6. The first kappa shape index (κ1) is 20.0. The van der Waals surface area contributed by atoms with Crippen molar-refractivity contribution in [3.63, 3.8) is 0 Å². The zero-order chi connectivity index (χ0) is 22.1. The van der Waals surface area contributed by atoms with E-state index >= 15 is 0 Å². The van der Waals surface area contributed by atoms with Gasteiger partial charge >= 0.3 is 0 Å². The van der Waals surface area contributed by atoms with Gasteiger partial charge in [-0.2, -0.15) is 0 Å². The van der Waals surface area contributed by atoms with Gasteiger partial charge in [0.05, 0.1) is 23.8 Å². The molecule has 0 atom stereocenters. The fourth-order valence-corrected chi connectivity index (χ4v) is 3.61. The maximum absolute atomic E-state index is 9.08. The van der Waals surface area contributed by atoms with Crippen LogP contribution in [0.2, 0.25) is 0 Å². The maximum atomic E-state index is 9.08. The van der Waals surface area contributed by atoms with Crippen molar-refractivity contribution in [1.82, 2.24) is 24.3 Å². The molecule has 0 saturated heterocycles. The van der Waals surface area contributed by atoms with Gasteiger partial charge in [0.25, 0.3) is 0 Å². The van der Waals surface area contributed by atoms with Crippen LogP contribution >= 0.6 is 0 Å². The van der Waals surface area contributed by atoms with Gasteiger partial charge in [-0.3, -0.25) is 4.40 Å². The summed E-state index contributed by atoms with van der Waals surface area (Å²) in [7, 11) is 0. The molecule has 1 fully saturated rings. The molecule has 0 radical (unpaired) electrons. The lowest BCUT2D eigenvalue weighted by Gasteiger charge is -2.09. The topological polar surface area (TPSA) is 91.1 Å². The van der Waals surface area contributed by atoms with Crippen molar-refractivity contribution in [2.45, 2.75) is 25.7 Å². The number of hydrogen-bond donors (Lipinski definition) is 3. The molecule has 1 saturated carbocycles. The predicted molar refractivity (Wildman–Crippen MR) is 125 cm³/mol. The van der Waals surface area contributed by atoms with Crippen molar-refractivity contribution in [3.05, 3.63) is 66.5 Å². The van der Waals surface area contributed by atoms with Crippen molar-refractivity contribution in [1.29, 1.82) is 0 Å². The standard InChI is InChI=1S/C25H24N6O/c1-16(2)12-26-24-25-28-14-22(31(25)15-20(29-24)4-3-11-32)18-7-5-17(6-8-18)21-13-27-23(30-21)19-9-10-19/h5-8,13-15,19,32H,1,9-12H2,2H3,(H,26,29)(H,27,30). The molecule has 0 spiro atoms. The smallest absolute Gasteiger partial charge is 0.180 e. The van der Waals surface area contributed by atoms with E-state index in [2.05, 4.69) is 67.9 Å². The number of aliphatic hydroxyl groups excluding tert-OH is 1. The molecule has 7 nitrogen and oxygen atoms in total. The zero-order valence-corrected chi connectivity index (χ0v) is 17.9. The number of benzene rings is 1. The molecule has 3 N–H and O–H groups in total. The van der Waals surface area contributed by atoms with Crippen molar-refractivity contribution in [3.8, 4) is 34.4 Å². The van der Waals surface area contributed by atoms with Gasteiger partial charge in [0, 0.05) is 24.2 Å². The number of fused-ring (bicyclic) bond motifs is 1. The van der Waals surface area contributed by atoms with Gasteiger partial charge in [0.1, 0.15) is 18.1 Å². The second-order valence-electron chi connectivity index (χ2n) is 8.12. The molecular formula is C25H24N6O. The average Bonchev–Trinajstić information content (AvgIpc) is 3.37. The second-order valence-corrected chi connectivity index (χ2v) is 8.12. The van der Waals surface area contributed by atoms with Crippen LogP contribution in [0.25, 0.3) is 28.2 Å². The van der Waals surface area contributed by atoms with E-state index in [-0.39, 0.29) is 6.61 Å². The Morgan fingerprint density at radius 2 is 2.00 bits per heavy atom. The van der Waals surface area contributed by atoms with Gasteiger partial charge in [-0.1, -0.05) is 42.3 Å². The van der Waals surface area contributed by atoms with Gasteiger partial charge in [0.15, 0.2) is 11.5 Å². The van der Waals surface area contributed by atoms with E-state index in [0.717, 1.165) is 33.9 Å². The third kappa shape index (κ3) is 4.01. The Bertz CT molecular complexity index is 1350. The quantitative estimate of drug-likeness (QED) is 0.322. The molecule has 0 amide bonds. The van der Waals surface area contributed by atoms with E-state index in [1.54, 1.807) is 0 Å². The minimum Gasteiger partial charge on any atom is -0.384 e. The number of hydrogen-bond acceptors (Lipinski definition) is 5. The number of H-pyrrole nitrogens is 1. The second kappa shape index (κ2) is 8.33. The van der Waals surface area contributed by atoms with Crippen molar-refractivity contribution >= 4 is 11.5 Å². The predicted octanol–water partition coefficient (Wildman–Crippen LogP) is 4.00. The summed E-state index contributed by atoms with van der Waals surface area (Å²) in [6, 6.07) is 8.34. The summed E-state index contributed by atoms with van der Waals surface area (Å²) < 4.78 is 1.98. The van der Waals surface area contributed by atoms with E-state index in [9.17, 15) is 0 Å². The Morgan fingerprint density at radius 1 is 1.22 bits per heavy atom. The van der Waals surface area contributed by atoms with E-state index in [1.165, 1.54) is 12.8 Å². The normalized spacial score (nSPS) is 13.1.